The van der Waals surface area contributed by atoms with Crippen LogP contribution < -0.4 is 0 Å². The molecule has 0 spiro atoms. The molecule has 8 heteroatoms. The summed E-state index contributed by atoms with van der Waals surface area (Å²) in [5.74, 6) is -1.68. The number of hydrogen-bond acceptors (Lipinski definition) is 4. The van der Waals surface area contributed by atoms with Gasteiger partial charge < -0.3 is 10.0 Å². The number of carboxylic acids is 1. The van der Waals surface area contributed by atoms with Crippen LogP contribution in [0.1, 0.15) is 30.6 Å². The van der Waals surface area contributed by atoms with Gasteiger partial charge in [-0.2, -0.15) is 0 Å². The SMILES string of the molecule is CC(C)S(=O)(=O)c1ccc(C(=O)N2CCC(C(=O)O)C2)cc1.Cl. The van der Waals surface area contributed by atoms with Gasteiger partial charge in [-0.05, 0) is 44.5 Å². The summed E-state index contributed by atoms with van der Waals surface area (Å²) in [5.41, 5.74) is 0.369. The first kappa shape index (κ1) is 19.4. The molecule has 0 radical (unpaired) electrons. The number of benzene rings is 1. The summed E-state index contributed by atoms with van der Waals surface area (Å²) in [6, 6.07) is 5.80. The van der Waals surface area contributed by atoms with Gasteiger partial charge in [0.05, 0.1) is 16.1 Å². The van der Waals surface area contributed by atoms with Crippen LogP contribution in [0.15, 0.2) is 29.2 Å². The zero-order valence-corrected chi connectivity index (χ0v) is 14.6. The molecule has 1 aromatic rings. The van der Waals surface area contributed by atoms with Crippen molar-refractivity contribution >= 4 is 34.1 Å². The Morgan fingerprint density at radius 3 is 2.22 bits per heavy atom. The maximum atomic E-state index is 12.3. The van der Waals surface area contributed by atoms with Gasteiger partial charge in [0, 0.05) is 18.7 Å². The summed E-state index contributed by atoms with van der Waals surface area (Å²) < 4.78 is 24.1. The lowest BCUT2D eigenvalue weighted by Crippen LogP contribution is -2.30. The normalized spacial score (nSPS) is 17.9. The molecule has 2 rings (SSSR count). The van der Waals surface area contributed by atoms with Crippen LogP contribution in [-0.4, -0.2) is 48.6 Å². The predicted molar refractivity (Wildman–Crippen MR) is 87.7 cm³/mol. The smallest absolute Gasteiger partial charge is 0.308 e. The van der Waals surface area contributed by atoms with E-state index >= 15 is 0 Å². The Balaban J connectivity index is 0.00000264. The van der Waals surface area contributed by atoms with Crippen molar-refractivity contribution in [3.63, 3.8) is 0 Å². The van der Waals surface area contributed by atoms with Gasteiger partial charge in [-0.25, -0.2) is 8.42 Å². The molecule has 128 valence electrons. The van der Waals surface area contributed by atoms with Gasteiger partial charge in [-0.1, -0.05) is 0 Å². The minimum Gasteiger partial charge on any atom is -0.481 e. The van der Waals surface area contributed by atoms with Crippen molar-refractivity contribution < 1.29 is 23.1 Å². The lowest BCUT2D eigenvalue weighted by molar-refractivity contribution is -0.141. The van der Waals surface area contributed by atoms with Crippen molar-refractivity contribution in [3.05, 3.63) is 29.8 Å². The number of aliphatic carboxylic acids is 1. The van der Waals surface area contributed by atoms with Crippen LogP contribution in [0.25, 0.3) is 0 Å². The molecular weight excluding hydrogens is 342 g/mol. The quantitative estimate of drug-likeness (QED) is 0.883. The zero-order chi connectivity index (χ0) is 16.5. The summed E-state index contributed by atoms with van der Waals surface area (Å²) in [7, 11) is -3.36. The Morgan fingerprint density at radius 1 is 1.22 bits per heavy atom. The van der Waals surface area contributed by atoms with Crippen molar-refractivity contribution in [1.82, 2.24) is 4.90 Å². The molecule has 1 unspecified atom stereocenters. The van der Waals surface area contributed by atoms with Gasteiger partial charge in [0.1, 0.15) is 0 Å². The van der Waals surface area contributed by atoms with E-state index in [0.717, 1.165) is 0 Å². The second kappa shape index (κ2) is 7.31. The van der Waals surface area contributed by atoms with E-state index in [1.807, 2.05) is 0 Å². The Morgan fingerprint density at radius 2 is 1.78 bits per heavy atom. The Hall–Kier alpha value is -1.60. The molecular formula is C15H20ClNO5S. The van der Waals surface area contributed by atoms with E-state index in [2.05, 4.69) is 0 Å². The topological polar surface area (TPSA) is 91.8 Å². The van der Waals surface area contributed by atoms with E-state index in [0.29, 0.717) is 18.5 Å². The highest BCUT2D eigenvalue weighted by atomic mass is 35.5. The number of likely N-dealkylation sites (tertiary alicyclic amines) is 1. The number of carboxylic acid groups (broad SMARTS) is 1. The summed E-state index contributed by atoms with van der Waals surface area (Å²) in [4.78, 5) is 24.9. The fourth-order valence-corrected chi connectivity index (χ4v) is 3.45. The molecule has 1 aliphatic rings. The first-order valence-corrected chi connectivity index (χ1v) is 8.64. The first-order valence-electron chi connectivity index (χ1n) is 7.09. The lowest BCUT2D eigenvalue weighted by Gasteiger charge is -2.16. The summed E-state index contributed by atoms with van der Waals surface area (Å²) in [6.07, 6.45) is 0.445. The van der Waals surface area contributed by atoms with Gasteiger partial charge in [0.15, 0.2) is 9.84 Å². The van der Waals surface area contributed by atoms with Crippen molar-refractivity contribution in [3.8, 4) is 0 Å². The minimum atomic E-state index is -3.36. The van der Waals surface area contributed by atoms with Crippen molar-refractivity contribution in [1.29, 1.82) is 0 Å². The Kier molecular flexibility index (Phi) is 6.18. The number of amides is 1. The van der Waals surface area contributed by atoms with Crippen LogP contribution >= 0.6 is 12.4 Å². The highest BCUT2D eigenvalue weighted by molar-refractivity contribution is 7.92. The van der Waals surface area contributed by atoms with Crippen molar-refractivity contribution in [2.45, 2.75) is 30.4 Å². The van der Waals surface area contributed by atoms with Crippen LogP contribution in [0, 0.1) is 5.92 Å². The van der Waals surface area contributed by atoms with Gasteiger partial charge in [-0.15, -0.1) is 12.4 Å². The molecule has 6 nitrogen and oxygen atoms in total. The molecule has 0 aliphatic carbocycles. The molecule has 0 bridgehead atoms. The number of carbonyl (C=O) groups excluding carboxylic acids is 1. The summed E-state index contributed by atoms with van der Waals surface area (Å²) in [6.45, 7) is 3.80. The summed E-state index contributed by atoms with van der Waals surface area (Å²) >= 11 is 0. The molecule has 23 heavy (non-hydrogen) atoms. The maximum absolute atomic E-state index is 12.3. The summed E-state index contributed by atoms with van der Waals surface area (Å²) in [5, 5.41) is 8.43. The third-order valence-corrected chi connectivity index (χ3v) is 6.05. The second-order valence-corrected chi connectivity index (χ2v) is 8.20. The third kappa shape index (κ3) is 4.03. The second-order valence-electron chi connectivity index (χ2n) is 5.69. The van der Waals surface area contributed by atoms with Crippen molar-refractivity contribution in [2.24, 2.45) is 5.92 Å². The number of carbonyl (C=O) groups is 2. The van der Waals surface area contributed by atoms with E-state index in [1.165, 1.54) is 29.2 Å². The van der Waals surface area contributed by atoms with Gasteiger partial charge in [-0.3, -0.25) is 9.59 Å². The first-order chi connectivity index (χ1) is 10.2. The van der Waals surface area contributed by atoms with E-state index < -0.39 is 27.0 Å². The zero-order valence-electron chi connectivity index (χ0n) is 12.9. The molecule has 1 fully saturated rings. The highest BCUT2D eigenvalue weighted by Gasteiger charge is 2.31. The highest BCUT2D eigenvalue weighted by Crippen LogP contribution is 2.21. The molecule has 1 aliphatic heterocycles. The molecule has 1 atom stereocenters. The van der Waals surface area contributed by atoms with Crippen LogP contribution in [0.4, 0.5) is 0 Å². The molecule has 0 aromatic heterocycles. The van der Waals surface area contributed by atoms with Gasteiger partial charge >= 0.3 is 5.97 Å². The Labute approximate surface area is 141 Å². The molecule has 1 saturated heterocycles. The van der Waals surface area contributed by atoms with E-state index in [9.17, 15) is 18.0 Å². The van der Waals surface area contributed by atoms with E-state index in [4.69, 9.17) is 5.11 Å². The minimum absolute atomic E-state index is 0. The molecule has 1 heterocycles. The average molecular weight is 362 g/mol. The largest absolute Gasteiger partial charge is 0.481 e. The Bertz CT molecular complexity index is 684. The van der Waals surface area contributed by atoms with E-state index in [1.54, 1.807) is 13.8 Å². The van der Waals surface area contributed by atoms with Crippen LogP contribution in [0.3, 0.4) is 0 Å². The average Bonchev–Trinajstić information content (AvgIpc) is 2.96. The number of halogens is 1. The van der Waals surface area contributed by atoms with Gasteiger partial charge in [0.2, 0.25) is 0 Å². The molecule has 0 saturated carbocycles. The maximum Gasteiger partial charge on any atom is 0.308 e. The fourth-order valence-electron chi connectivity index (χ4n) is 2.39. The van der Waals surface area contributed by atoms with Crippen LogP contribution in [0.5, 0.6) is 0 Å². The molecule has 1 N–H and O–H groups in total. The third-order valence-electron chi connectivity index (χ3n) is 3.88. The van der Waals surface area contributed by atoms with E-state index in [-0.39, 0.29) is 29.8 Å². The number of sulfone groups is 1. The number of rotatable bonds is 4. The van der Waals surface area contributed by atoms with Gasteiger partial charge in [0.25, 0.3) is 5.91 Å². The molecule has 1 aromatic carbocycles. The molecule has 1 amide bonds. The van der Waals surface area contributed by atoms with Crippen LogP contribution in [-0.2, 0) is 14.6 Å². The van der Waals surface area contributed by atoms with Crippen molar-refractivity contribution in [2.75, 3.05) is 13.1 Å². The monoisotopic (exact) mass is 361 g/mol. The standard InChI is InChI=1S/C15H19NO5S.ClH/c1-10(2)22(20,21)13-5-3-11(4-6-13)14(17)16-8-7-12(9-16)15(18)19;/h3-6,10,12H,7-9H2,1-2H3,(H,18,19);1H. The van der Waals surface area contributed by atoms with Crippen LogP contribution in [0.2, 0.25) is 0 Å². The fraction of sp³-hybridized carbons (Fsp3) is 0.467. The number of hydrogen-bond donors (Lipinski definition) is 1. The lowest BCUT2D eigenvalue weighted by atomic mass is 10.1. The number of nitrogens with zero attached hydrogens (tertiary/aromatic N) is 1. The predicted octanol–water partition coefficient (Wildman–Crippen LogP) is 1.84.